The number of anilines is 2. The standard InChI is InChI=1S/C21H22FN5O7/c1-10-7-27-13(8-33-10)21(9-28,18(29)24-19(30)23-2)6-11-5-12-16(14(22)15(11)27)34-25-17(12)26-3-4-32-20(26)31/h5,9-10,13H,3-4,6-8H2,1-2H3,(H2,23,24,29,30)/t10-,13?,21?/m1/s1. The fourth-order valence-electron chi connectivity index (χ4n) is 4.89. The average molecular weight is 475 g/mol. The number of nitrogens with one attached hydrogen (secondary N) is 2. The van der Waals surface area contributed by atoms with E-state index in [9.17, 15) is 19.2 Å². The van der Waals surface area contributed by atoms with Crippen molar-refractivity contribution in [2.75, 3.05) is 43.2 Å². The third kappa shape index (κ3) is 3.10. The number of fused-ring (bicyclic) bond motifs is 4. The zero-order valence-corrected chi connectivity index (χ0v) is 18.4. The number of hydrogen-bond acceptors (Lipinski definition) is 9. The maximum Gasteiger partial charge on any atom is 0.415 e. The van der Waals surface area contributed by atoms with Crippen LogP contribution >= 0.6 is 0 Å². The first-order valence-electron chi connectivity index (χ1n) is 10.7. The molecule has 4 heterocycles. The van der Waals surface area contributed by atoms with E-state index in [-0.39, 0.29) is 61.3 Å². The van der Waals surface area contributed by atoms with E-state index in [2.05, 4.69) is 15.8 Å². The number of ether oxygens (including phenoxy) is 2. The number of halogens is 1. The van der Waals surface area contributed by atoms with Crippen molar-refractivity contribution in [2.24, 2.45) is 5.41 Å². The van der Waals surface area contributed by atoms with Gasteiger partial charge in [0.15, 0.2) is 11.6 Å². The van der Waals surface area contributed by atoms with Crippen LogP contribution in [0.5, 0.6) is 0 Å². The first kappa shape index (κ1) is 22.1. The second kappa shape index (κ2) is 7.94. The van der Waals surface area contributed by atoms with Crippen LogP contribution in [0.3, 0.4) is 0 Å². The number of hydrogen-bond donors (Lipinski definition) is 2. The molecule has 3 atom stereocenters. The lowest BCUT2D eigenvalue weighted by atomic mass is 9.70. The minimum absolute atomic E-state index is 0.0285. The lowest BCUT2D eigenvalue weighted by Crippen LogP contribution is -2.66. The Morgan fingerprint density at radius 1 is 1.38 bits per heavy atom. The molecule has 3 aliphatic rings. The van der Waals surface area contributed by atoms with Gasteiger partial charge in [-0.3, -0.25) is 15.0 Å². The summed E-state index contributed by atoms with van der Waals surface area (Å²) in [6.45, 7) is 2.33. The number of amides is 4. The van der Waals surface area contributed by atoms with Crippen LogP contribution in [-0.2, 0) is 25.5 Å². The predicted octanol–water partition coefficient (Wildman–Crippen LogP) is 0.714. The number of cyclic esters (lactones) is 1. The Bertz CT molecular complexity index is 1220. The summed E-state index contributed by atoms with van der Waals surface area (Å²) in [5.74, 6) is -1.46. The molecule has 0 radical (unpaired) electrons. The summed E-state index contributed by atoms with van der Waals surface area (Å²) in [5.41, 5.74) is -1.38. The van der Waals surface area contributed by atoms with E-state index < -0.39 is 35.3 Å². The van der Waals surface area contributed by atoms with Gasteiger partial charge in [0.05, 0.1) is 36.4 Å². The van der Waals surface area contributed by atoms with Gasteiger partial charge in [0, 0.05) is 13.6 Å². The molecule has 180 valence electrons. The summed E-state index contributed by atoms with van der Waals surface area (Å²) < 4.78 is 31.8. The molecule has 0 bridgehead atoms. The molecule has 2 N–H and O–H groups in total. The van der Waals surface area contributed by atoms with Crippen molar-refractivity contribution in [3.05, 3.63) is 17.4 Å². The van der Waals surface area contributed by atoms with Gasteiger partial charge >= 0.3 is 12.1 Å². The van der Waals surface area contributed by atoms with Crippen LogP contribution in [0.15, 0.2) is 10.6 Å². The molecule has 1 aromatic heterocycles. The molecule has 2 fully saturated rings. The second-order valence-corrected chi connectivity index (χ2v) is 8.53. The molecule has 5 rings (SSSR count). The Kier molecular flexibility index (Phi) is 5.15. The number of aldehydes is 1. The fraction of sp³-hybridized carbons (Fsp3) is 0.476. The van der Waals surface area contributed by atoms with E-state index in [1.807, 2.05) is 0 Å². The smallest absolute Gasteiger partial charge is 0.415 e. The van der Waals surface area contributed by atoms with Crippen LogP contribution in [0.25, 0.3) is 11.0 Å². The molecule has 34 heavy (non-hydrogen) atoms. The molecular weight excluding hydrogens is 453 g/mol. The van der Waals surface area contributed by atoms with Gasteiger partial charge in [0.2, 0.25) is 11.5 Å². The molecule has 1 aromatic carbocycles. The summed E-state index contributed by atoms with van der Waals surface area (Å²) in [6, 6.07) is -0.0714. The number of carbonyl (C=O) groups excluding carboxylic acids is 4. The molecule has 0 spiro atoms. The predicted molar refractivity (Wildman–Crippen MR) is 114 cm³/mol. The molecule has 3 aliphatic heterocycles. The maximum atomic E-state index is 15.9. The van der Waals surface area contributed by atoms with Gasteiger partial charge in [0.25, 0.3) is 0 Å². The normalized spacial score (nSPS) is 26.0. The van der Waals surface area contributed by atoms with E-state index in [1.54, 1.807) is 17.9 Å². The van der Waals surface area contributed by atoms with Crippen LogP contribution in [0.2, 0.25) is 0 Å². The van der Waals surface area contributed by atoms with Crippen molar-refractivity contribution in [3.8, 4) is 0 Å². The number of imide groups is 1. The summed E-state index contributed by atoms with van der Waals surface area (Å²) in [5, 5.41) is 8.56. The Morgan fingerprint density at radius 2 is 2.18 bits per heavy atom. The van der Waals surface area contributed by atoms with Crippen molar-refractivity contribution < 1.29 is 37.6 Å². The second-order valence-electron chi connectivity index (χ2n) is 8.53. The highest BCUT2D eigenvalue weighted by atomic mass is 19.1. The van der Waals surface area contributed by atoms with Crippen LogP contribution in [0, 0.1) is 11.2 Å². The minimum atomic E-state index is -1.73. The van der Waals surface area contributed by atoms with Gasteiger partial charge < -0.3 is 29.0 Å². The van der Waals surface area contributed by atoms with Gasteiger partial charge in [-0.25, -0.2) is 14.0 Å². The zero-order valence-electron chi connectivity index (χ0n) is 18.4. The number of nitrogens with zero attached hydrogens (tertiary/aromatic N) is 3. The number of urea groups is 1. The topological polar surface area (TPSA) is 143 Å². The molecule has 2 saturated heterocycles. The third-order valence-electron chi connectivity index (χ3n) is 6.58. The number of rotatable bonds is 3. The highest BCUT2D eigenvalue weighted by Crippen LogP contribution is 2.47. The highest BCUT2D eigenvalue weighted by molar-refractivity contribution is 6.07. The van der Waals surface area contributed by atoms with Crippen LogP contribution in [-0.4, -0.2) is 75.0 Å². The largest absolute Gasteiger partial charge is 0.447 e. The van der Waals surface area contributed by atoms with Crippen LogP contribution < -0.4 is 20.4 Å². The first-order valence-corrected chi connectivity index (χ1v) is 10.7. The summed E-state index contributed by atoms with van der Waals surface area (Å²) in [4.78, 5) is 52.5. The van der Waals surface area contributed by atoms with E-state index >= 15 is 4.39 Å². The first-order chi connectivity index (χ1) is 16.3. The van der Waals surface area contributed by atoms with Gasteiger partial charge in [0.1, 0.15) is 18.3 Å². The Morgan fingerprint density at radius 3 is 2.85 bits per heavy atom. The van der Waals surface area contributed by atoms with Crippen molar-refractivity contribution in [3.63, 3.8) is 0 Å². The van der Waals surface area contributed by atoms with Gasteiger partial charge in [-0.2, -0.15) is 0 Å². The quantitative estimate of drug-likeness (QED) is 0.485. The number of benzene rings is 1. The van der Waals surface area contributed by atoms with Gasteiger partial charge in [-0.1, -0.05) is 5.16 Å². The number of morpholine rings is 1. The lowest BCUT2D eigenvalue weighted by Gasteiger charge is -2.51. The Hall–Kier alpha value is -3.74. The Labute approximate surface area is 192 Å². The lowest BCUT2D eigenvalue weighted by molar-refractivity contribution is -0.140. The summed E-state index contributed by atoms with van der Waals surface area (Å²) in [6.07, 6.45) is -0.661. The minimum Gasteiger partial charge on any atom is -0.447 e. The van der Waals surface area contributed by atoms with Crippen molar-refractivity contribution in [1.82, 2.24) is 15.8 Å². The molecule has 0 saturated carbocycles. The van der Waals surface area contributed by atoms with Crippen molar-refractivity contribution in [1.29, 1.82) is 0 Å². The monoisotopic (exact) mass is 475 g/mol. The highest BCUT2D eigenvalue weighted by Gasteiger charge is 2.55. The van der Waals surface area contributed by atoms with E-state index in [0.29, 0.717) is 11.8 Å². The molecular formula is C21H22FN5O7. The van der Waals surface area contributed by atoms with Crippen molar-refractivity contribution >= 4 is 46.8 Å². The molecule has 13 heteroatoms. The van der Waals surface area contributed by atoms with E-state index in [0.717, 1.165) is 0 Å². The van der Waals surface area contributed by atoms with E-state index in [1.165, 1.54) is 11.9 Å². The molecule has 2 unspecified atom stereocenters. The van der Waals surface area contributed by atoms with Gasteiger partial charge in [-0.05, 0) is 25.0 Å². The maximum absolute atomic E-state index is 15.9. The molecule has 4 amide bonds. The molecule has 12 nitrogen and oxygen atoms in total. The average Bonchev–Trinajstić information content (AvgIpc) is 3.43. The SMILES string of the molecule is CNC(=O)NC(=O)C1(C=O)Cc2cc3c(N4CCOC4=O)noc3c(F)c2N2C[C@@H](C)OCC21. The number of carbonyl (C=O) groups is 4. The van der Waals surface area contributed by atoms with Crippen molar-refractivity contribution in [2.45, 2.75) is 25.5 Å². The third-order valence-corrected chi connectivity index (χ3v) is 6.58. The molecule has 2 aromatic rings. The zero-order chi connectivity index (χ0) is 24.2. The van der Waals surface area contributed by atoms with Gasteiger partial charge in [-0.15, -0.1) is 0 Å². The van der Waals surface area contributed by atoms with Crippen LogP contribution in [0.4, 0.5) is 25.5 Å². The fourth-order valence-corrected chi connectivity index (χ4v) is 4.89. The summed E-state index contributed by atoms with van der Waals surface area (Å²) in [7, 11) is 1.34. The Balaban J connectivity index is 1.68. The van der Waals surface area contributed by atoms with Crippen LogP contribution in [0.1, 0.15) is 12.5 Å². The van der Waals surface area contributed by atoms with E-state index in [4.69, 9.17) is 14.0 Å². The summed E-state index contributed by atoms with van der Waals surface area (Å²) >= 11 is 0. The molecule has 0 aliphatic carbocycles. The number of aromatic nitrogens is 1.